The highest BCUT2D eigenvalue weighted by atomic mass is 16.5. The maximum atomic E-state index is 10.9. The summed E-state index contributed by atoms with van der Waals surface area (Å²) in [7, 11) is 0. The van der Waals surface area contributed by atoms with E-state index in [0.717, 1.165) is 5.56 Å². The monoisotopic (exact) mass is 300 g/mol. The predicted molar refractivity (Wildman–Crippen MR) is 79.7 cm³/mol. The van der Waals surface area contributed by atoms with Crippen molar-refractivity contribution >= 4 is 11.9 Å². The average molecular weight is 300 g/mol. The largest absolute Gasteiger partial charge is 0.489 e. The number of ether oxygens (including phenoxy) is 1. The lowest BCUT2D eigenvalue weighted by molar-refractivity contribution is -0.154. The standard InChI is InChI=1S/C17H16O5/c18-16(19)15(17(20)21)10-13-7-4-8-14(9-13)22-11-12-5-2-1-3-6-12/h1-9,15H,10-11H2,(H,18,19)(H,20,21). The SMILES string of the molecule is O=C(O)C(Cc1cccc(OCc2ccccc2)c1)C(=O)O. The third kappa shape index (κ3) is 4.34. The molecule has 0 heterocycles. The zero-order valence-corrected chi connectivity index (χ0v) is 11.8. The van der Waals surface area contributed by atoms with E-state index in [-0.39, 0.29) is 6.42 Å². The lowest BCUT2D eigenvalue weighted by atomic mass is 9.99. The van der Waals surface area contributed by atoms with Gasteiger partial charge < -0.3 is 14.9 Å². The van der Waals surface area contributed by atoms with E-state index in [1.807, 2.05) is 30.3 Å². The van der Waals surface area contributed by atoms with Gasteiger partial charge in [0.2, 0.25) is 0 Å². The van der Waals surface area contributed by atoms with Gasteiger partial charge in [-0.2, -0.15) is 0 Å². The minimum absolute atomic E-state index is 0.0762. The first-order chi connectivity index (χ1) is 10.6. The maximum absolute atomic E-state index is 10.9. The van der Waals surface area contributed by atoms with Crippen LogP contribution in [0.15, 0.2) is 54.6 Å². The number of aliphatic carboxylic acids is 2. The van der Waals surface area contributed by atoms with Gasteiger partial charge >= 0.3 is 11.9 Å². The van der Waals surface area contributed by atoms with Crippen LogP contribution in [0.4, 0.5) is 0 Å². The fourth-order valence-corrected chi connectivity index (χ4v) is 2.02. The third-order valence-corrected chi connectivity index (χ3v) is 3.18. The van der Waals surface area contributed by atoms with Crippen LogP contribution in [0.1, 0.15) is 11.1 Å². The summed E-state index contributed by atoms with van der Waals surface area (Å²) in [5, 5.41) is 17.8. The second kappa shape index (κ2) is 7.26. The van der Waals surface area contributed by atoms with E-state index in [4.69, 9.17) is 14.9 Å². The molecular formula is C17H16O5. The maximum Gasteiger partial charge on any atom is 0.318 e. The van der Waals surface area contributed by atoms with Crippen LogP contribution in [0.25, 0.3) is 0 Å². The molecule has 0 fully saturated rings. The molecule has 0 spiro atoms. The molecule has 0 atom stereocenters. The summed E-state index contributed by atoms with van der Waals surface area (Å²) in [6, 6.07) is 16.5. The van der Waals surface area contributed by atoms with Crippen LogP contribution in [0.2, 0.25) is 0 Å². The van der Waals surface area contributed by atoms with Crippen molar-refractivity contribution in [3.8, 4) is 5.75 Å². The highest BCUT2D eigenvalue weighted by molar-refractivity contribution is 5.93. The first kappa shape index (κ1) is 15.6. The number of rotatable bonds is 7. The Labute approximate surface area is 127 Å². The molecule has 0 radical (unpaired) electrons. The molecule has 2 rings (SSSR count). The Kier molecular flexibility index (Phi) is 5.14. The van der Waals surface area contributed by atoms with E-state index in [1.165, 1.54) is 0 Å². The van der Waals surface area contributed by atoms with E-state index in [1.54, 1.807) is 24.3 Å². The predicted octanol–water partition coefficient (Wildman–Crippen LogP) is 2.59. The second-order valence-corrected chi connectivity index (χ2v) is 4.85. The molecule has 0 aliphatic heterocycles. The molecular weight excluding hydrogens is 284 g/mol. The highest BCUT2D eigenvalue weighted by Crippen LogP contribution is 2.18. The fourth-order valence-electron chi connectivity index (χ4n) is 2.02. The van der Waals surface area contributed by atoms with E-state index in [2.05, 4.69) is 0 Å². The normalized spacial score (nSPS) is 10.4. The van der Waals surface area contributed by atoms with Crippen molar-refractivity contribution in [1.82, 2.24) is 0 Å². The van der Waals surface area contributed by atoms with Gasteiger partial charge in [0.1, 0.15) is 12.4 Å². The molecule has 22 heavy (non-hydrogen) atoms. The summed E-state index contributed by atoms with van der Waals surface area (Å²) in [5.41, 5.74) is 1.63. The molecule has 0 saturated heterocycles. The van der Waals surface area contributed by atoms with Crippen LogP contribution in [0.5, 0.6) is 5.75 Å². The molecule has 0 amide bonds. The quantitative estimate of drug-likeness (QED) is 0.768. The summed E-state index contributed by atoms with van der Waals surface area (Å²) in [6.45, 7) is 0.394. The third-order valence-electron chi connectivity index (χ3n) is 3.18. The minimum atomic E-state index is -1.45. The van der Waals surface area contributed by atoms with Crippen LogP contribution in [-0.2, 0) is 22.6 Å². The molecule has 0 bridgehead atoms. The molecule has 0 aromatic heterocycles. The smallest absolute Gasteiger partial charge is 0.318 e. The molecule has 0 aliphatic rings. The van der Waals surface area contributed by atoms with Crippen LogP contribution in [0, 0.1) is 5.92 Å². The van der Waals surface area contributed by atoms with Gasteiger partial charge in [-0.1, -0.05) is 42.5 Å². The first-order valence-electron chi connectivity index (χ1n) is 6.77. The van der Waals surface area contributed by atoms with Gasteiger partial charge in [0.05, 0.1) is 0 Å². The van der Waals surface area contributed by atoms with E-state index in [9.17, 15) is 9.59 Å². The van der Waals surface area contributed by atoms with Gasteiger partial charge in [-0.15, -0.1) is 0 Å². The fraction of sp³-hybridized carbons (Fsp3) is 0.176. The first-order valence-corrected chi connectivity index (χ1v) is 6.77. The Hall–Kier alpha value is -2.82. The summed E-state index contributed by atoms with van der Waals surface area (Å²) >= 11 is 0. The lowest BCUT2D eigenvalue weighted by Crippen LogP contribution is -2.25. The summed E-state index contributed by atoms with van der Waals surface area (Å²) in [6.07, 6.45) is -0.0762. The van der Waals surface area contributed by atoms with Crippen molar-refractivity contribution in [3.63, 3.8) is 0 Å². The summed E-state index contributed by atoms with van der Waals surface area (Å²) in [5.74, 6) is -3.56. The van der Waals surface area contributed by atoms with Crippen molar-refractivity contribution in [3.05, 3.63) is 65.7 Å². The Bertz CT molecular complexity index is 637. The van der Waals surface area contributed by atoms with Gasteiger partial charge in [-0.3, -0.25) is 9.59 Å². The zero-order chi connectivity index (χ0) is 15.9. The van der Waals surface area contributed by atoms with Crippen molar-refractivity contribution in [2.24, 2.45) is 5.92 Å². The van der Waals surface area contributed by atoms with Crippen molar-refractivity contribution in [2.75, 3.05) is 0 Å². The number of carboxylic acid groups (broad SMARTS) is 2. The lowest BCUT2D eigenvalue weighted by Gasteiger charge is -2.10. The highest BCUT2D eigenvalue weighted by Gasteiger charge is 2.25. The molecule has 2 N–H and O–H groups in total. The van der Waals surface area contributed by atoms with Gasteiger partial charge in [0.25, 0.3) is 0 Å². The molecule has 2 aromatic carbocycles. The number of carboxylic acids is 2. The molecule has 0 aliphatic carbocycles. The Morgan fingerprint density at radius 1 is 0.909 bits per heavy atom. The Balaban J connectivity index is 2.03. The van der Waals surface area contributed by atoms with Crippen LogP contribution >= 0.6 is 0 Å². The van der Waals surface area contributed by atoms with E-state index >= 15 is 0 Å². The molecule has 114 valence electrons. The number of hydrogen-bond acceptors (Lipinski definition) is 3. The summed E-state index contributed by atoms with van der Waals surface area (Å²) < 4.78 is 5.64. The van der Waals surface area contributed by atoms with Gasteiger partial charge in [0.15, 0.2) is 5.92 Å². The van der Waals surface area contributed by atoms with E-state index in [0.29, 0.717) is 17.9 Å². The number of benzene rings is 2. The van der Waals surface area contributed by atoms with Crippen LogP contribution in [-0.4, -0.2) is 22.2 Å². The van der Waals surface area contributed by atoms with Crippen LogP contribution in [0.3, 0.4) is 0 Å². The van der Waals surface area contributed by atoms with Crippen molar-refractivity contribution in [2.45, 2.75) is 13.0 Å². The zero-order valence-electron chi connectivity index (χ0n) is 11.8. The Morgan fingerprint density at radius 2 is 1.55 bits per heavy atom. The number of carbonyl (C=O) groups is 2. The average Bonchev–Trinajstić information content (AvgIpc) is 2.51. The van der Waals surface area contributed by atoms with Gasteiger partial charge in [-0.05, 0) is 29.7 Å². The molecule has 0 saturated carbocycles. The van der Waals surface area contributed by atoms with Gasteiger partial charge in [0, 0.05) is 0 Å². The van der Waals surface area contributed by atoms with Crippen molar-refractivity contribution < 1.29 is 24.5 Å². The topological polar surface area (TPSA) is 83.8 Å². The van der Waals surface area contributed by atoms with E-state index < -0.39 is 17.9 Å². The number of hydrogen-bond donors (Lipinski definition) is 2. The van der Waals surface area contributed by atoms with Crippen LogP contribution < -0.4 is 4.74 Å². The Morgan fingerprint density at radius 3 is 2.18 bits per heavy atom. The minimum Gasteiger partial charge on any atom is -0.489 e. The molecule has 5 nitrogen and oxygen atoms in total. The summed E-state index contributed by atoms with van der Waals surface area (Å²) in [4.78, 5) is 21.9. The van der Waals surface area contributed by atoms with Crippen molar-refractivity contribution in [1.29, 1.82) is 0 Å². The molecule has 0 unspecified atom stereocenters. The molecule has 5 heteroatoms. The second-order valence-electron chi connectivity index (χ2n) is 4.85. The van der Waals surface area contributed by atoms with Gasteiger partial charge in [-0.25, -0.2) is 0 Å². The molecule has 2 aromatic rings.